The molecule has 1 N–H and O–H groups in total. The molecule has 2 aromatic heterocycles. The molecule has 1 amide bonds. The van der Waals surface area contributed by atoms with E-state index in [4.69, 9.17) is 0 Å². The molecule has 0 bridgehead atoms. The Morgan fingerprint density at radius 1 is 1.27 bits per heavy atom. The molecule has 22 heavy (non-hydrogen) atoms. The van der Waals surface area contributed by atoms with Crippen molar-refractivity contribution in [2.45, 2.75) is 18.9 Å². The van der Waals surface area contributed by atoms with Crippen molar-refractivity contribution in [3.05, 3.63) is 47.0 Å². The smallest absolute Gasteiger partial charge is 0.236 e. The minimum Gasteiger partial charge on any atom is -0.301 e. The Morgan fingerprint density at radius 2 is 2.09 bits per heavy atom. The summed E-state index contributed by atoms with van der Waals surface area (Å²) >= 11 is 2.89. The highest BCUT2D eigenvalue weighted by Crippen LogP contribution is 2.24. The number of aromatic nitrogens is 2. The lowest BCUT2D eigenvalue weighted by molar-refractivity contribution is -0.113. The van der Waals surface area contributed by atoms with Crippen LogP contribution >= 0.6 is 23.1 Å². The van der Waals surface area contributed by atoms with Gasteiger partial charge in [-0.15, -0.1) is 11.3 Å². The molecule has 0 atom stereocenters. The maximum Gasteiger partial charge on any atom is 0.236 e. The lowest BCUT2D eigenvalue weighted by Gasteiger charge is -2.07. The molecule has 0 aliphatic carbocycles. The average Bonchev–Trinajstić information content (AvgIpc) is 2.90. The molecule has 112 valence electrons. The molecule has 0 aliphatic rings. The Labute approximate surface area is 137 Å². The van der Waals surface area contributed by atoms with E-state index in [2.05, 4.69) is 21.4 Å². The Hall–Kier alpha value is -1.92. The van der Waals surface area contributed by atoms with E-state index in [0.717, 1.165) is 27.2 Å². The zero-order valence-corrected chi connectivity index (χ0v) is 13.9. The summed E-state index contributed by atoms with van der Waals surface area (Å²) in [6.07, 6.45) is 0. The fourth-order valence-electron chi connectivity index (χ4n) is 2.05. The number of anilines is 1. The van der Waals surface area contributed by atoms with Gasteiger partial charge in [0.1, 0.15) is 5.03 Å². The SMILES string of the molecule is Cc1csc(NC(=O)CSc2nc3ccccc3cc2C)n1. The Bertz CT molecular complexity index is 829. The number of rotatable bonds is 4. The molecule has 6 heteroatoms. The van der Waals surface area contributed by atoms with E-state index in [-0.39, 0.29) is 5.91 Å². The van der Waals surface area contributed by atoms with Gasteiger partial charge in [0.05, 0.1) is 17.0 Å². The maximum absolute atomic E-state index is 12.0. The molecule has 1 aromatic carbocycles. The van der Waals surface area contributed by atoms with E-state index < -0.39 is 0 Å². The van der Waals surface area contributed by atoms with Gasteiger partial charge in [-0.1, -0.05) is 30.0 Å². The standard InChI is InChI=1S/C16H15N3OS2/c1-10-7-12-5-3-4-6-13(12)18-15(10)21-9-14(20)19-16-17-11(2)8-22-16/h3-8H,9H2,1-2H3,(H,17,19,20). The van der Waals surface area contributed by atoms with Crippen molar-refractivity contribution < 1.29 is 4.79 Å². The maximum atomic E-state index is 12.0. The highest BCUT2D eigenvalue weighted by atomic mass is 32.2. The molecule has 2 heterocycles. The van der Waals surface area contributed by atoms with Gasteiger partial charge in [0, 0.05) is 10.8 Å². The van der Waals surface area contributed by atoms with Gasteiger partial charge in [0.15, 0.2) is 5.13 Å². The van der Waals surface area contributed by atoms with Gasteiger partial charge in [-0.2, -0.15) is 0 Å². The van der Waals surface area contributed by atoms with Crippen molar-refractivity contribution in [2.24, 2.45) is 0 Å². The van der Waals surface area contributed by atoms with Crippen LogP contribution in [0.5, 0.6) is 0 Å². The van der Waals surface area contributed by atoms with E-state index in [0.29, 0.717) is 10.9 Å². The van der Waals surface area contributed by atoms with Crippen LogP contribution in [-0.2, 0) is 4.79 Å². The lowest BCUT2D eigenvalue weighted by Crippen LogP contribution is -2.14. The molecule has 3 aromatic rings. The van der Waals surface area contributed by atoms with Gasteiger partial charge < -0.3 is 5.32 Å². The number of carbonyl (C=O) groups is 1. The first kappa shape index (κ1) is 15.0. The molecule has 0 fully saturated rings. The van der Waals surface area contributed by atoms with Crippen molar-refractivity contribution >= 4 is 45.0 Å². The molecule has 0 unspecified atom stereocenters. The van der Waals surface area contributed by atoms with Crippen LogP contribution in [0.1, 0.15) is 11.3 Å². The van der Waals surface area contributed by atoms with Crippen LogP contribution < -0.4 is 5.32 Å². The van der Waals surface area contributed by atoms with Crippen LogP contribution in [0.15, 0.2) is 40.7 Å². The summed E-state index contributed by atoms with van der Waals surface area (Å²) in [4.78, 5) is 20.8. The molecule has 0 spiro atoms. The van der Waals surface area contributed by atoms with Crippen molar-refractivity contribution in [1.82, 2.24) is 9.97 Å². The summed E-state index contributed by atoms with van der Waals surface area (Å²) in [5.74, 6) is 0.263. The van der Waals surface area contributed by atoms with Crippen LogP contribution in [0.25, 0.3) is 10.9 Å². The summed E-state index contributed by atoms with van der Waals surface area (Å²) in [5.41, 5.74) is 2.95. The van der Waals surface area contributed by atoms with Gasteiger partial charge in [-0.05, 0) is 31.5 Å². The molecule has 0 saturated carbocycles. The highest BCUT2D eigenvalue weighted by molar-refractivity contribution is 8.00. The van der Waals surface area contributed by atoms with E-state index in [1.807, 2.05) is 43.5 Å². The van der Waals surface area contributed by atoms with E-state index in [1.165, 1.54) is 23.1 Å². The lowest BCUT2D eigenvalue weighted by atomic mass is 10.2. The second-order valence-corrected chi connectivity index (χ2v) is 6.76. The van der Waals surface area contributed by atoms with Crippen LogP contribution in [-0.4, -0.2) is 21.6 Å². The van der Waals surface area contributed by atoms with Crippen molar-refractivity contribution in [3.8, 4) is 0 Å². The molecule has 4 nitrogen and oxygen atoms in total. The monoisotopic (exact) mass is 329 g/mol. The topological polar surface area (TPSA) is 54.9 Å². The number of nitrogens with zero attached hydrogens (tertiary/aromatic N) is 2. The zero-order valence-electron chi connectivity index (χ0n) is 12.3. The van der Waals surface area contributed by atoms with Crippen molar-refractivity contribution in [2.75, 3.05) is 11.1 Å². The van der Waals surface area contributed by atoms with Crippen LogP contribution in [0.2, 0.25) is 0 Å². The van der Waals surface area contributed by atoms with Crippen LogP contribution in [0.3, 0.4) is 0 Å². The van der Waals surface area contributed by atoms with Gasteiger partial charge in [0.25, 0.3) is 0 Å². The minimum atomic E-state index is -0.0614. The number of aryl methyl sites for hydroxylation is 2. The molecule has 3 rings (SSSR count). The quantitative estimate of drug-likeness (QED) is 0.734. The fraction of sp³-hybridized carbons (Fsp3) is 0.188. The normalized spacial score (nSPS) is 10.8. The number of para-hydroxylation sites is 1. The van der Waals surface area contributed by atoms with E-state index in [9.17, 15) is 4.79 Å². The fourth-order valence-corrected chi connectivity index (χ4v) is 3.54. The third-order valence-corrected chi connectivity index (χ3v) is 5.04. The van der Waals surface area contributed by atoms with Crippen molar-refractivity contribution in [1.29, 1.82) is 0 Å². The molecule has 0 saturated heterocycles. The Balaban J connectivity index is 1.68. The highest BCUT2D eigenvalue weighted by Gasteiger charge is 2.09. The first-order valence-corrected chi connectivity index (χ1v) is 8.69. The second kappa shape index (κ2) is 6.46. The first-order chi connectivity index (χ1) is 10.6. The summed E-state index contributed by atoms with van der Waals surface area (Å²) in [5, 5.41) is 7.38. The second-order valence-electron chi connectivity index (χ2n) is 4.93. The molecular weight excluding hydrogens is 314 g/mol. The number of benzene rings is 1. The summed E-state index contributed by atoms with van der Waals surface area (Å²) in [7, 11) is 0. The van der Waals surface area contributed by atoms with E-state index >= 15 is 0 Å². The van der Waals surface area contributed by atoms with Gasteiger partial charge >= 0.3 is 0 Å². The minimum absolute atomic E-state index is 0.0614. The van der Waals surface area contributed by atoms with Gasteiger partial charge in [-0.25, -0.2) is 9.97 Å². The number of thiazole rings is 1. The molecule has 0 aliphatic heterocycles. The zero-order chi connectivity index (χ0) is 15.5. The Kier molecular flexibility index (Phi) is 4.40. The Morgan fingerprint density at radius 3 is 2.86 bits per heavy atom. The van der Waals surface area contributed by atoms with Crippen molar-refractivity contribution in [3.63, 3.8) is 0 Å². The average molecular weight is 329 g/mol. The van der Waals surface area contributed by atoms with Gasteiger partial charge in [-0.3, -0.25) is 4.79 Å². The summed E-state index contributed by atoms with van der Waals surface area (Å²) in [6, 6.07) is 10.1. The predicted octanol–water partition coefficient (Wildman–Crippen LogP) is 4.04. The number of hydrogen-bond donors (Lipinski definition) is 1. The van der Waals surface area contributed by atoms with Crippen LogP contribution in [0.4, 0.5) is 5.13 Å². The largest absolute Gasteiger partial charge is 0.301 e. The summed E-state index contributed by atoms with van der Waals surface area (Å²) < 4.78 is 0. The predicted molar refractivity (Wildman–Crippen MR) is 92.7 cm³/mol. The van der Waals surface area contributed by atoms with Gasteiger partial charge in [0.2, 0.25) is 5.91 Å². The number of nitrogens with one attached hydrogen (secondary N) is 1. The number of thioether (sulfide) groups is 1. The number of hydrogen-bond acceptors (Lipinski definition) is 5. The van der Waals surface area contributed by atoms with E-state index in [1.54, 1.807) is 0 Å². The molecule has 0 radical (unpaired) electrons. The molecular formula is C16H15N3OS2. The first-order valence-electron chi connectivity index (χ1n) is 6.83. The third kappa shape index (κ3) is 3.45. The number of amides is 1. The number of carbonyl (C=O) groups excluding carboxylic acids is 1. The summed E-state index contributed by atoms with van der Waals surface area (Å²) in [6.45, 7) is 3.92. The number of fused-ring (bicyclic) bond motifs is 1. The van der Waals surface area contributed by atoms with Crippen LogP contribution in [0, 0.1) is 13.8 Å². The third-order valence-electron chi connectivity index (χ3n) is 3.07. The number of pyridine rings is 1.